The third-order valence-electron chi connectivity index (χ3n) is 4.85. The summed E-state index contributed by atoms with van der Waals surface area (Å²) < 4.78 is 68.2. The SMILES string of the molecule is CC(C)OC(=O)OCOP(=O)(OCOC(=O)OC(C)C)OCC1(CF)CC(C)C(n2ccc(=O)[nH]c2=O)O1. The quantitative estimate of drug-likeness (QED) is 0.208. The maximum atomic E-state index is 14.2. The number of nitrogens with one attached hydrogen (secondary N) is 1. The van der Waals surface area contributed by atoms with E-state index in [2.05, 4.69) is 14.5 Å². The zero-order valence-electron chi connectivity index (χ0n) is 21.6. The average Bonchev–Trinajstić information content (AvgIpc) is 3.13. The van der Waals surface area contributed by atoms with E-state index in [0.717, 1.165) is 10.6 Å². The highest BCUT2D eigenvalue weighted by molar-refractivity contribution is 7.48. The van der Waals surface area contributed by atoms with Gasteiger partial charge >= 0.3 is 25.8 Å². The number of phosphoric ester groups is 1. The minimum atomic E-state index is -4.66. The van der Waals surface area contributed by atoms with Crippen molar-refractivity contribution < 1.29 is 55.8 Å². The number of H-pyrrole nitrogens is 1. The van der Waals surface area contributed by atoms with Crippen LogP contribution >= 0.6 is 7.82 Å². The van der Waals surface area contributed by atoms with Gasteiger partial charge in [-0.05, 0) is 34.1 Å². The molecule has 0 amide bonds. The van der Waals surface area contributed by atoms with Crippen LogP contribution < -0.4 is 11.2 Å². The van der Waals surface area contributed by atoms with Crippen molar-refractivity contribution in [2.75, 3.05) is 26.9 Å². The van der Waals surface area contributed by atoms with Crippen LogP contribution in [0.2, 0.25) is 0 Å². The number of rotatable bonds is 13. The molecule has 17 heteroatoms. The van der Waals surface area contributed by atoms with Gasteiger partial charge in [-0.2, -0.15) is 0 Å². The second kappa shape index (κ2) is 13.8. The van der Waals surface area contributed by atoms with E-state index >= 15 is 0 Å². The molecule has 1 aromatic rings. The van der Waals surface area contributed by atoms with Gasteiger partial charge in [-0.1, -0.05) is 6.92 Å². The first-order valence-electron chi connectivity index (χ1n) is 11.5. The summed E-state index contributed by atoms with van der Waals surface area (Å²) in [5.74, 6) is -0.442. The molecule has 0 aromatic carbocycles. The van der Waals surface area contributed by atoms with Crippen LogP contribution in [0.5, 0.6) is 0 Å². The van der Waals surface area contributed by atoms with Crippen molar-refractivity contribution in [3.63, 3.8) is 0 Å². The minimum absolute atomic E-state index is 0.00810. The van der Waals surface area contributed by atoms with E-state index in [9.17, 15) is 28.1 Å². The van der Waals surface area contributed by atoms with E-state index < -0.39 is 88.2 Å². The lowest BCUT2D eigenvalue weighted by molar-refractivity contribution is -0.117. The van der Waals surface area contributed by atoms with E-state index in [-0.39, 0.29) is 6.42 Å². The Hall–Kier alpha value is -2.78. The van der Waals surface area contributed by atoms with Gasteiger partial charge in [0.15, 0.2) is 0 Å². The highest BCUT2D eigenvalue weighted by atomic mass is 31.2. The first kappa shape index (κ1) is 31.4. The molecule has 2 heterocycles. The molecule has 3 unspecified atom stereocenters. The molecule has 1 aromatic heterocycles. The van der Waals surface area contributed by atoms with Gasteiger partial charge in [0.1, 0.15) is 18.5 Å². The lowest BCUT2D eigenvalue weighted by Crippen LogP contribution is -2.38. The number of carbonyl (C=O) groups is 2. The molecule has 0 bridgehead atoms. The largest absolute Gasteiger partial charge is 0.510 e. The fraction of sp³-hybridized carbons (Fsp3) is 0.714. The van der Waals surface area contributed by atoms with Crippen LogP contribution in [0.1, 0.15) is 47.3 Å². The number of phosphoric acid groups is 1. The molecular weight excluding hydrogens is 538 g/mol. The normalized spacial score (nSPS) is 21.5. The second-order valence-electron chi connectivity index (χ2n) is 8.86. The van der Waals surface area contributed by atoms with E-state index in [1.54, 1.807) is 34.6 Å². The Morgan fingerprint density at radius 3 is 2.13 bits per heavy atom. The summed E-state index contributed by atoms with van der Waals surface area (Å²) in [4.78, 5) is 48.8. The Morgan fingerprint density at radius 2 is 1.66 bits per heavy atom. The molecule has 0 radical (unpaired) electrons. The molecule has 1 aliphatic rings. The van der Waals surface area contributed by atoms with Crippen LogP contribution in [0.25, 0.3) is 0 Å². The van der Waals surface area contributed by atoms with Crippen molar-refractivity contribution >= 4 is 20.1 Å². The Bertz CT molecular complexity index is 1080. The number of carbonyl (C=O) groups excluding carboxylic acids is 2. The predicted octanol–water partition coefficient (Wildman–Crippen LogP) is 3.00. The minimum Gasteiger partial charge on any atom is -0.432 e. The fourth-order valence-corrected chi connectivity index (χ4v) is 4.30. The van der Waals surface area contributed by atoms with Gasteiger partial charge in [-0.3, -0.25) is 18.9 Å². The van der Waals surface area contributed by atoms with Crippen LogP contribution in [0, 0.1) is 5.92 Å². The van der Waals surface area contributed by atoms with Gasteiger partial charge < -0.3 is 23.7 Å². The predicted molar refractivity (Wildman–Crippen MR) is 125 cm³/mol. The Balaban J connectivity index is 2.10. The van der Waals surface area contributed by atoms with Crippen LogP contribution in [0.3, 0.4) is 0 Å². The van der Waals surface area contributed by atoms with Crippen molar-refractivity contribution in [1.29, 1.82) is 0 Å². The molecule has 15 nitrogen and oxygen atoms in total. The topological polar surface area (TPSA) is 180 Å². The number of hydrogen-bond donors (Lipinski definition) is 1. The average molecular weight is 570 g/mol. The molecular formula is C21H32FN2O13P. The monoisotopic (exact) mass is 570 g/mol. The van der Waals surface area contributed by atoms with Crippen LogP contribution in [0.15, 0.2) is 21.9 Å². The number of ether oxygens (including phenoxy) is 5. The number of nitrogens with zero attached hydrogens (tertiary/aromatic N) is 1. The smallest absolute Gasteiger partial charge is 0.432 e. The summed E-state index contributed by atoms with van der Waals surface area (Å²) in [6, 6.07) is 1.11. The molecule has 1 N–H and O–H groups in total. The summed E-state index contributed by atoms with van der Waals surface area (Å²) in [6.45, 7) is 4.23. The van der Waals surface area contributed by atoms with Gasteiger partial charge in [-0.25, -0.2) is 32.4 Å². The maximum Gasteiger partial charge on any atom is 0.510 e. The van der Waals surface area contributed by atoms with Crippen LogP contribution in [0.4, 0.5) is 14.0 Å². The molecule has 1 fully saturated rings. The van der Waals surface area contributed by atoms with Crippen molar-refractivity contribution in [3.05, 3.63) is 33.1 Å². The first-order chi connectivity index (χ1) is 17.8. The maximum absolute atomic E-state index is 14.2. The van der Waals surface area contributed by atoms with E-state index in [4.69, 9.17) is 27.8 Å². The summed E-state index contributed by atoms with van der Waals surface area (Å²) >= 11 is 0. The van der Waals surface area contributed by atoms with Crippen LogP contribution in [-0.2, 0) is 41.8 Å². The molecule has 38 heavy (non-hydrogen) atoms. The molecule has 0 aliphatic carbocycles. The lowest BCUT2D eigenvalue weighted by atomic mass is 9.96. The molecule has 216 valence electrons. The number of aromatic nitrogens is 2. The van der Waals surface area contributed by atoms with Crippen molar-refractivity contribution in [3.8, 4) is 0 Å². The summed E-state index contributed by atoms with van der Waals surface area (Å²) in [7, 11) is -4.66. The van der Waals surface area contributed by atoms with E-state index in [0.29, 0.717) is 0 Å². The highest BCUT2D eigenvalue weighted by Gasteiger charge is 2.48. The summed E-state index contributed by atoms with van der Waals surface area (Å²) in [5, 5.41) is 0. The Morgan fingerprint density at radius 1 is 1.11 bits per heavy atom. The van der Waals surface area contributed by atoms with Gasteiger partial charge in [0.05, 0.1) is 18.8 Å². The zero-order chi connectivity index (χ0) is 28.5. The third-order valence-corrected chi connectivity index (χ3v) is 6.13. The number of halogens is 1. The first-order valence-corrected chi connectivity index (χ1v) is 13.0. The Labute approximate surface area is 217 Å². The molecule has 2 rings (SSSR count). The molecule has 0 saturated carbocycles. The Kier molecular flexibility index (Phi) is 11.5. The molecule has 0 spiro atoms. The van der Waals surface area contributed by atoms with Gasteiger partial charge in [0.2, 0.25) is 13.6 Å². The van der Waals surface area contributed by atoms with Gasteiger partial charge in [-0.15, -0.1) is 0 Å². The van der Waals surface area contributed by atoms with Gasteiger partial charge in [0.25, 0.3) is 5.56 Å². The summed E-state index contributed by atoms with van der Waals surface area (Å²) in [5.41, 5.74) is -3.08. The van der Waals surface area contributed by atoms with E-state index in [1.807, 2.05) is 0 Å². The van der Waals surface area contributed by atoms with Crippen molar-refractivity contribution in [2.45, 2.75) is 65.1 Å². The van der Waals surface area contributed by atoms with E-state index in [1.165, 1.54) is 6.20 Å². The number of hydrogen-bond acceptors (Lipinski definition) is 13. The third kappa shape index (κ3) is 9.51. The van der Waals surface area contributed by atoms with Gasteiger partial charge in [0, 0.05) is 18.2 Å². The standard InChI is InChI=1S/C21H32FN2O13P/c1-13(2)35-19(27)30-11-33-38(29,34-12-31-20(28)36-14(3)4)32-10-21(9-22)8-15(5)17(37-21)24-7-6-16(25)23-18(24)26/h6-7,13-15,17H,8-12H2,1-5H3,(H,23,25,26). The van der Waals surface area contributed by atoms with Crippen molar-refractivity contribution in [2.24, 2.45) is 5.92 Å². The number of alkyl halides is 1. The van der Waals surface area contributed by atoms with Crippen molar-refractivity contribution in [1.82, 2.24) is 9.55 Å². The van der Waals surface area contributed by atoms with Crippen LogP contribution in [-0.4, -0.2) is 66.5 Å². The molecule has 3 atom stereocenters. The fourth-order valence-electron chi connectivity index (χ4n) is 3.32. The highest BCUT2D eigenvalue weighted by Crippen LogP contribution is 2.52. The lowest BCUT2D eigenvalue weighted by Gasteiger charge is -2.28. The summed E-state index contributed by atoms with van der Waals surface area (Å²) in [6.07, 6.45) is -3.05. The molecule has 1 saturated heterocycles. The zero-order valence-corrected chi connectivity index (χ0v) is 22.5. The molecule has 1 aliphatic heterocycles. The second-order valence-corrected chi connectivity index (χ2v) is 10.5. The number of aromatic amines is 1.